The topological polar surface area (TPSA) is 98.2 Å². The second-order valence-corrected chi connectivity index (χ2v) is 6.25. The first-order valence-electron chi connectivity index (χ1n) is 8.76. The molecule has 0 fully saturated rings. The lowest BCUT2D eigenvalue weighted by molar-refractivity contribution is 0.0949. The highest BCUT2D eigenvalue weighted by Crippen LogP contribution is 2.22. The molecule has 8 nitrogen and oxygen atoms in total. The summed E-state index contributed by atoms with van der Waals surface area (Å²) in [6, 6.07) is 7.98. The van der Waals surface area contributed by atoms with Gasteiger partial charge in [-0.05, 0) is 36.8 Å². The molecule has 0 aliphatic carbocycles. The van der Waals surface area contributed by atoms with Gasteiger partial charge in [-0.2, -0.15) is 4.98 Å². The van der Waals surface area contributed by atoms with Crippen molar-refractivity contribution in [2.75, 3.05) is 0 Å². The van der Waals surface area contributed by atoms with Gasteiger partial charge in [-0.15, -0.1) is 10.2 Å². The summed E-state index contributed by atoms with van der Waals surface area (Å²) in [4.78, 5) is 16.6. The number of halogens is 1. The first-order chi connectivity index (χ1) is 13.6. The predicted octanol–water partition coefficient (Wildman–Crippen LogP) is 2.72. The third-order valence-corrected chi connectivity index (χ3v) is 4.36. The summed E-state index contributed by atoms with van der Waals surface area (Å²) in [6.07, 6.45) is 2.44. The Morgan fingerprint density at radius 3 is 2.89 bits per heavy atom. The van der Waals surface area contributed by atoms with Crippen molar-refractivity contribution in [3.8, 4) is 11.5 Å². The van der Waals surface area contributed by atoms with Crippen LogP contribution in [0.15, 0.2) is 41.1 Å². The van der Waals surface area contributed by atoms with Crippen molar-refractivity contribution < 1.29 is 13.7 Å². The van der Waals surface area contributed by atoms with Gasteiger partial charge in [0.05, 0.1) is 12.1 Å². The predicted molar refractivity (Wildman–Crippen MR) is 98.0 cm³/mol. The molecule has 0 radical (unpaired) electrons. The molecule has 0 saturated carbocycles. The van der Waals surface area contributed by atoms with E-state index in [0.717, 1.165) is 0 Å². The van der Waals surface area contributed by atoms with Crippen LogP contribution in [-0.4, -0.2) is 30.6 Å². The number of carbonyl (C=O) groups excluding carboxylic acids is 1. The van der Waals surface area contributed by atoms with Crippen LogP contribution in [0.2, 0.25) is 0 Å². The molecule has 0 unspecified atom stereocenters. The third-order valence-electron chi connectivity index (χ3n) is 4.36. The van der Waals surface area contributed by atoms with Crippen molar-refractivity contribution in [2.45, 2.75) is 26.8 Å². The van der Waals surface area contributed by atoms with E-state index < -0.39 is 11.7 Å². The number of benzene rings is 1. The van der Waals surface area contributed by atoms with E-state index in [1.54, 1.807) is 29.7 Å². The number of nitrogens with one attached hydrogen (secondary N) is 1. The first kappa shape index (κ1) is 17.8. The molecule has 0 spiro atoms. The number of aryl methyl sites for hydroxylation is 2. The molecule has 28 heavy (non-hydrogen) atoms. The minimum absolute atomic E-state index is 0.128. The molecule has 3 heterocycles. The molecule has 0 bridgehead atoms. The van der Waals surface area contributed by atoms with E-state index >= 15 is 0 Å². The highest BCUT2D eigenvalue weighted by Gasteiger charge is 2.16. The summed E-state index contributed by atoms with van der Waals surface area (Å²) in [6.45, 7) is 3.71. The van der Waals surface area contributed by atoms with Crippen molar-refractivity contribution >= 4 is 11.6 Å². The molecule has 4 rings (SSSR count). The highest BCUT2D eigenvalue weighted by atomic mass is 19.1. The number of fused-ring (bicyclic) bond motifs is 1. The molecular weight excluding hydrogens is 363 g/mol. The van der Waals surface area contributed by atoms with Crippen LogP contribution in [0.25, 0.3) is 17.1 Å². The van der Waals surface area contributed by atoms with E-state index in [1.807, 2.05) is 19.1 Å². The van der Waals surface area contributed by atoms with Gasteiger partial charge in [0.2, 0.25) is 0 Å². The average Bonchev–Trinajstić information content (AvgIpc) is 3.35. The molecule has 0 atom stereocenters. The van der Waals surface area contributed by atoms with Gasteiger partial charge in [0.15, 0.2) is 17.3 Å². The first-order valence-corrected chi connectivity index (χ1v) is 8.76. The Labute approximate surface area is 159 Å². The van der Waals surface area contributed by atoms with Gasteiger partial charge in [-0.1, -0.05) is 18.1 Å². The zero-order valence-corrected chi connectivity index (χ0v) is 15.3. The van der Waals surface area contributed by atoms with Crippen molar-refractivity contribution in [3.05, 3.63) is 65.1 Å². The quantitative estimate of drug-likeness (QED) is 0.572. The van der Waals surface area contributed by atoms with Crippen molar-refractivity contribution in [3.63, 3.8) is 0 Å². The molecule has 142 valence electrons. The Balaban J connectivity index is 1.57. The van der Waals surface area contributed by atoms with Gasteiger partial charge in [0.25, 0.3) is 11.8 Å². The van der Waals surface area contributed by atoms with Gasteiger partial charge in [-0.25, -0.2) is 4.39 Å². The van der Waals surface area contributed by atoms with E-state index in [4.69, 9.17) is 4.52 Å². The number of hydrogen-bond acceptors (Lipinski definition) is 6. The van der Waals surface area contributed by atoms with E-state index in [9.17, 15) is 9.18 Å². The summed E-state index contributed by atoms with van der Waals surface area (Å²) in [5, 5.41) is 15.0. The van der Waals surface area contributed by atoms with Crippen molar-refractivity contribution in [1.82, 2.24) is 30.1 Å². The van der Waals surface area contributed by atoms with Crippen LogP contribution in [0.1, 0.15) is 34.5 Å². The lowest BCUT2D eigenvalue weighted by atomic mass is 10.1. The minimum Gasteiger partial charge on any atom is -0.345 e. The molecule has 3 aromatic heterocycles. The van der Waals surface area contributed by atoms with Gasteiger partial charge >= 0.3 is 0 Å². The summed E-state index contributed by atoms with van der Waals surface area (Å²) in [5.74, 6) is 0.676. The molecule has 0 aliphatic heterocycles. The van der Waals surface area contributed by atoms with E-state index in [0.29, 0.717) is 40.7 Å². The SMILES string of the molecule is CCc1noc(-c2cccn3c(CNC(=O)c4ccc(C)c(F)c4)nnc23)n1. The van der Waals surface area contributed by atoms with Gasteiger partial charge in [0.1, 0.15) is 5.82 Å². The summed E-state index contributed by atoms with van der Waals surface area (Å²) < 4.78 is 20.7. The number of nitrogens with zero attached hydrogens (tertiary/aromatic N) is 5. The smallest absolute Gasteiger partial charge is 0.261 e. The molecule has 0 aliphatic rings. The van der Waals surface area contributed by atoms with Gasteiger partial charge in [0, 0.05) is 18.2 Å². The Morgan fingerprint density at radius 2 is 2.14 bits per heavy atom. The van der Waals surface area contributed by atoms with Crippen LogP contribution in [-0.2, 0) is 13.0 Å². The van der Waals surface area contributed by atoms with E-state index in [-0.39, 0.29) is 12.1 Å². The number of aromatic nitrogens is 5. The molecule has 1 aromatic carbocycles. The molecular formula is C19H17FN6O2. The minimum atomic E-state index is -0.420. The lowest BCUT2D eigenvalue weighted by Gasteiger charge is -2.06. The monoisotopic (exact) mass is 380 g/mol. The Morgan fingerprint density at radius 1 is 1.29 bits per heavy atom. The van der Waals surface area contributed by atoms with Gasteiger partial charge < -0.3 is 9.84 Å². The maximum atomic E-state index is 13.7. The maximum absolute atomic E-state index is 13.7. The van der Waals surface area contributed by atoms with Crippen LogP contribution in [0.4, 0.5) is 4.39 Å². The molecule has 1 N–H and O–H groups in total. The largest absolute Gasteiger partial charge is 0.345 e. The standard InChI is InChI=1S/C19H17FN6O2/c1-3-15-22-19(28-25-15)13-5-4-8-26-16(23-24-17(13)26)10-21-18(27)12-7-6-11(2)14(20)9-12/h4-9H,3,10H2,1-2H3,(H,21,27). The van der Waals surface area contributed by atoms with Crippen LogP contribution in [0.3, 0.4) is 0 Å². The summed E-state index contributed by atoms with van der Waals surface area (Å²) in [7, 11) is 0. The maximum Gasteiger partial charge on any atom is 0.261 e. The average molecular weight is 380 g/mol. The Hall–Kier alpha value is -3.62. The molecule has 9 heteroatoms. The molecule has 1 amide bonds. The number of rotatable bonds is 5. The highest BCUT2D eigenvalue weighted by molar-refractivity contribution is 5.94. The number of amides is 1. The van der Waals surface area contributed by atoms with Crippen LogP contribution >= 0.6 is 0 Å². The third kappa shape index (κ3) is 3.22. The van der Waals surface area contributed by atoms with Crippen molar-refractivity contribution in [1.29, 1.82) is 0 Å². The van der Waals surface area contributed by atoms with Crippen LogP contribution in [0.5, 0.6) is 0 Å². The number of carbonyl (C=O) groups is 1. The second-order valence-electron chi connectivity index (χ2n) is 6.25. The fourth-order valence-corrected chi connectivity index (χ4v) is 2.75. The summed E-state index contributed by atoms with van der Waals surface area (Å²) in [5.41, 5.74) is 1.93. The van der Waals surface area contributed by atoms with Crippen LogP contribution < -0.4 is 5.32 Å². The van der Waals surface area contributed by atoms with Gasteiger partial charge in [-0.3, -0.25) is 9.20 Å². The second kappa shape index (κ2) is 7.18. The fourth-order valence-electron chi connectivity index (χ4n) is 2.75. The van der Waals surface area contributed by atoms with E-state index in [2.05, 4.69) is 25.7 Å². The fraction of sp³-hybridized carbons (Fsp3) is 0.211. The molecule has 4 aromatic rings. The van der Waals surface area contributed by atoms with E-state index in [1.165, 1.54) is 6.07 Å². The Bertz CT molecular complexity index is 1170. The zero-order chi connectivity index (χ0) is 19.7. The Kier molecular flexibility index (Phi) is 4.56. The normalized spacial score (nSPS) is 11.1. The lowest BCUT2D eigenvalue weighted by Crippen LogP contribution is -2.24. The number of pyridine rings is 1. The summed E-state index contributed by atoms with van der Waals surface area (Å²) >= 11 is 0. The zero-order valence-electron chi connectivity index (χ0n) is 15.3. The van der Waals surface area contributed by atoms with Crippen LogP contribution in [0, 0.1) is 12.7 Å². The van der Waals surface area contributed by atoms with Crippen molar-refractivity contribution in [2.24, 2.45) is 0 Å². The molecule has 0 saturated heterocycles. The number of hydrogen-bond donors (Lipinski definition) is 1.